The van der Waals surface area contributed by atoms with Crippen LogP contribution in [0.1, 0.15) is 45.4 Å². The van der Waals surface area contributed by atoms with Gasteiger partial charge in [0.2, 0.25) is 15.9 Å². The normalized spacial score (nSPS) is 18.5. The number of anilines is 3. The SMILES string of the molecule is CC(Nc1ccc(N2CCCCC2)cc1)C(=O)Nc1ccc(S(=O)(=O)N2CCCCC2)cc1. The molecule has 2 aliphatic heterocycles. The number of nitrogens with zero attached hydrogens (tertiary/aromatic N) is 2. The highest BCUT2D eigenvalue weighted by molar-refractivity contribution is 7.89. The van der Waals surface area contributed by atoms with E-state index in [9.17, 15) is 13.2 Å². The molecule has 0 aliphatic carbocycles. The molecule has 0 radical (unpaired) electrons. The molecule has 178 valence electrons. The minimum absolute atomic E-state index is 0.179. The lowest BCUT2D eigenvalue weighted by molar-refractivity contribution is -0.116. The van der Waals surface area contributed by atoms with Crippen LogP contribution in [-0.4, -0.2) is 50.9 Å². The van der Waals surface area contributed by atoms with E-state index >= 15 is 0 Å². The second kappa shape index (κ2) is 10.6. The number of nitrogens with one attached hydrogen (secondary N) is 2. The minimum Gasteiger partial charge on any atom is -0.374 e. The monoisotopic (exact) mass is 470 g/mol. The van der Waals surface area contributed by atoms with E-state index in [1.807, 2.05) is 19.1 Å². The van der Waals surface area contributed by atoms with E-state index in [2.05, 4.69) is 27.7 Å². The molecule has 7 nitrogen and oxygen atoms in total. The number of rotatable bonds is 7. The summed E-state index contributed by atoms with van der Waals surface area (Å²) in [6.07, 6.45) is 6.66. The lowest BCUT2D eigenvalue weighted by Gasteiger charge is -2.29. The van der Waals surface area contributed by atoms with Crippen molar-refractivity contribution in [2.24, 2.45) is 0 Å². The number of piperidine rings is 2. The van der Waals surface area contributed by atoms with Crippen LogP contribution in [0, 0.1) is 0 Å². The van der Waals surface area contributed by atoms with Crippen molar-refractivity contribution in [2.45, 2.75) is 56.4 Å². The Bertz CT molecular complexity index is 1030. The highest BCUT2D eigenvalue weighted by Crippen LogP contribution is 2.23. The Kier molecular flexibility index (Phi) is 7.55. The molecule has 2 heterocycles. The number of hydrogen-bond acceptors (Lipinski definition) is 5. The number of carbonyl (C=O) groups is 1. The van der Waals surface area contributed by atoms with Gasteiger partial charge in [-0.2, -0.15) is 4.31 Å². The summed E-state index contributed by atoms with van der Waals surface area (Å²) in [5.74, 6) is -0.179. The van der Waals surface area contributed by atoms with Gasteiger partial charge in [0.15, 0.2) is 0 Å². The lowest BCUT2D eigenvalue weighted by Crippen LogP contribution is -2.35. The fourth-order valence-electron chi connectivity index (χ4n) is 4.45. The molecule has 2 fully saturated rings. The first-order valence-corrected chi connectivity index (χ1v) is 13.4. The molecule has 4 rings (SSSR count). The van der Waals surface area contributed by atoms with Crippen LogP contribution in [0.25, 0.3) is 0 Å². The molecule has 0 spiro atoms. The van der Waals surface area contributed by atoms with E-state index < -0.39 is 16.1 Å². The Balaban J connectivity index is 1.32. The van der Waals surface area contributed by atoms with Crippen LogP contribution in [0.5, 0.6) is 0 Å². The average Bonchev–Trinajstić information content (AvgIpc) is 2.86. The highest BCUT2D eigenvalue weighted by Gasteiger charge is 2.25. The molecule has 2 aromatic carbocycles. The van der Waals surface area contributed by atoms with Gasteiger partial charge in [0.05, 0.1) is 4.90 Å². The van der Waals surface area contributed by atoms with Crippen LogP contribution in [-0.2, 0) is 14.8 Å². The van der Waals surface area contributed by atoms with Gasteiger partial charge in [0.1, 0.15) is 6.04 Å². The maximum atomic E-state index is 12.8. The number of amides is 1. The number of benzene rings is 2. The van der Waals surface area contributed by atoms with E-state index in [-0.39, 0.29) is 10.8 Å². The van der Waals surface area contributed by atoms with Gasteiger partial charge >= 0.3 is 0 Å². The maximum absolute atomic E-state index is 12.8. The molecule has 8 heteroatoms. The van der Waals surface area contributed by atoms with E-state index in [4.69, 9.17) is 0 Å². The first kappa shape index (κ1) is 23.6. The third-order valence-electron chi connectivity index (χ3n) is 6.44. The summed E-state index contributed by atoms with van der Waals surface area (Å²) >= 11 is 0. The van der Waals surface area contributed by atoms with Crippen LogP contribution < -0.4 is 15.5 Å². The third-order valence-corrected chi connectivity index (χ3v) is 8.35. The quantitative estimate of drug-likeness (QED) is 0.631. The fourth-order valence-corrected chi connectivity index (χ4v) is 5.97. The van der Waals surface area contributed by atoms with Gasteiger partial charge in [0.25, 0.3) is 0 Å². The van der Waals surface area contributed by atoms with Gasteiger partial charge in [-0.05, 0) is 87.6 Å². The smallest absolute Gasteiger partial charge is 0.246 e. The van der Waals surface area contributed by atoms with Gasteiger partial charge in [-0.3, -0.25) is 4.79 Å². The van der Waals surface area contributed by atoms with Crippen molar-refractivity contribution >= 4 is 33.0 Å². The third kappa shape index (κ3) is 5.86. The molecule has 1 unspecified atom stereocenters. The molecule has 0 aromatic heterocycles. The Morgan fingerprint density at radius 1 is 0.788 bits per heavy atom. The summed E-state index contributed by atoms with van der Waals surface area (Å²) in [7, 11) is -3.47. The first-order chi connectivity index (χ1) is 15.9. The maximum Gasteiger partial charge on any atom is 0.246 e. The molecule has 0 bridgehead atoms. The van der Waals surface area contributed by atoms with Crippen molar-refractivity contribution in [2.75, 3.05) is 41.7 Å². The van der Waals surface area contributed by atoms with Crippen molar-refractivity contribution in [1.82, 2.24) is 4.31 Å². The van der Waals surface area contributed by atoms with E-state index in [0.717, 1.165) is 38.0 Å². The summed E-state index contributed by atoms with van der Waals surface area (Å²) < 4.78 is 27.1. The molecule has 1 atom stereocenters. The average molecular weight is 471 g/mol. The standard InChI is InChI=1S/C25H34N4O3S/c1-20(26-21-8-12-23(13-9-21)28-16-4-2-5-17-28)25(30)27-22-10-14-24(15-11-22)33(31,32)29-18-6-3-7-19-29/h8-15,20,26H,2-7,16-19H2,1H3,(H,27,30). The fraction of sp³-hybridized carbons (Fsp3) is 0.480. The number of hydrogen-bond donors (Lipinski definition) is 2. The van der Waals surface area contributed by atoms with Crippen molar-refractivity contribution in [3.8, 4) is 0 Å². The van der Waals surface area contributed by atoms with E-state index in [1.165, 1.54) is 24.9 Å². The zero-order valence-electron chi connectivity index (χ0n) is 19.3. The number of sulfonamides is 1. The summed E-state index contributed by atoms with van der Waals surface area (Å²) in [6.45, 7) is 5.16. The molecular weight excluding hydrogens is 436 g/mol. The van der Waals surface area contributed by atoms with Crippen LogP contribution in [0.2, 0.25) is 0 Å². The topological polar surface area (TPSA) is 81.8 Å². The van der Waals surface area contributed by atoms with Crippen molar-refractivity contribution < 1.29 is 13.2 Å². The molecule has 2 aromatic rings. The summed E-state index contributed by atoms with van der Waals surface area (Å²) in [6, 6.07) is 14.2. The van der Waals surface area contributed by atoms with Gasteiger partial charge in [-0.15, -0.1) is 0 Å². The van der Waals surface area contributed by atoms with Crippen LogP contribution in [0.4, 0.5) is 17.1 Å². The van der Waals surface area contributed by atoms with E-state index in [0.29, 0.717) is 18.8 Å². The molecule has 33 heavy (non-hydrogen) atoms. The van der Waals surface area contributed by atoms with Crippen molar-refractivity contribution in [3.05, 3.63) is 48.5 Å². The predicted molar refractivity (Wildman–Crippen MR) is 133 cm³/mol. The Morgan fingerprint density at radius 3 is 1.94 bits per heavy atom. The molecule has 2 N–H and O–H groups in total. The summed E-state index contributed by atoms with van der Waals surface area (Å²) in [5.41, 5.74) is 2.69. The minimum atomic E-state index is -3.47. The van der Waals surface area contributed by atoms with E-state index in [1.54, 1.807) is 28.6 Å². The summed E-state index contributed by atoms with van der Waals surface area (Å²) in [5, 5.41) is 6.10. The Morgan fingerprint density at radius 2 is 1.33 bits per heavy atom. The summed E-state index contributed by atoms with van der Waals surface area (Å²) in [4.78, 5) is 15.3. The molecule has 1 amide bonds. The highest BCUT2D eigenvalue weighted by atomic mass is 32.2. The predicted octanol–water partition coefficient (Wildman–Crippen LogP) is 4.29. The largest absolute Gasteiger partial charge is 0.374 e. The first-order valence-electron chi connectivity index (χ1n) is 12.0. The zero-order valence-corrected chi connectivity index (χ0v) is 20.1. The van der Waals surface area contributed by atoms with Crippen molar-refractivity contribution in [1.29, 1.82) is 0 Å². The van der Waals surface area contributed by atoms with Gasteiger partial charge in [-0.1, -0.05) is 6.42 Å². The van der Waals surface area contributed by atoms with Crippen LogP contribution in [0.15, 0.2) is 53.4 Å². The van der Waals surface area contributed by atoms with Gasteiger partial charge < -0.3 is 15.5 Å². The van der Waals surface area contributed by atoms with Gasteiger partial charge in [0, 0.05) is 43.2 Å². The molecule has 2 saturated heterocycles. The lowest BCUT2D eigenvalue weighted by atomic mass is 10.1. The second-order valence-electron chi connectivity index (χ2n) is 8.94. The van der Waals surface area contributed by atoms with Crippen LogP contribution >= 0.6 is 0 Å². The van der Waals surface area contributed by atoms with Gasteiger partial charge in [-0.25, -0.2) is 8.42 Å². The number of carbonyl (C=O) groups excluding carboxylic acids is 1. The van der Waals surface area contributed by atoms with Crippen LogP contribution in [0.3, 0.4) is 0 Å². The Labute approximate surface area is 197 Å². The van der Waals surface area contributed by atoms with Crippen molar-refractivity contribution in [3.63, 3.8) is 0 Å². The molecule has 2 aliphatic rings. The molecular formula is C25H34N4O3S. The Hall–Kier alpha value is -2.58. The second-order valence-corrected chi connectivity index (χ2v) is 10.9. The zero-order chi connectivity index (χ0) is 23.3. The molecule has 0 saturated carbocycles.